The molecule has 1 aromatic heterocycles. The minimum Gasteiger partial charge on any atom is -0.409 e. The SMILES string of the molecule is Cn1cc(C(=O)Nc2cc(Cl)ccc2C(N)=NO)cn1. The number of hydrogen-bond acceptors (Lipinski definition) is 4. The molecule has 1 aromatic carbocycles. The second kappa shape index (κ2) is 5.62. The zero-order chi connectivity index (χ0) is 14.7. The van der Waals surface area contributed by atoms with Crippen molar-refractivity contribution in [3.05, 3.63) is 46.7 Å². The molecule has 0 bridgehead atoms. The molecule has 1 amide bonds. The van der Waals surface area contributed by atoms with Gasteiger partial charge in [0.1, 0.15) is 0 Å². The highest BCUT2D eigenvalue weighted by Crippen LogP contribution is 2.21. The summed E-state index contributed by atoms with van der Waals surface area (Å²) in [4.78, 5) is 12.1. The van der Waals surface area contributed by atoms with E-state index in [1.807, 2.05) is 0 Å². The number of oxime groups is 1. The van der Waals surface area contributed by atoms with Crippen LogP contribution in [0.15, 0.2) is 35.7 Å². The lowest BCUT2D eigenvalue weighted by atomic mass is 10.1. The first-order chi connectivity index (χ1) is 9.51. The average Bonchev–Trinajstić information content (AvgIpc) is 2.85. The van der Waals surface area contributed by atoms with Gasteiger partial charge in [-0.25, -0.2) is 0 Å². The lowest BCUT2D eigenvalue weighted by Crippen LogP contribution is -2.19. The number of carbonyl (C=O) groups excluding carboxylic acids is 1. The lowest BCUT2D eigenvalue weighted by molar-refractivity contribution is 0.102. The zero-order valence-electron chi connectivity index (χ0n) is 10.5. The van der Waals surface area contributed by atoms with E-state index in [4.69, 9.17) is 22.5 Å². The van der Waals surface area contributed by atoms with E-state index in [0.29, 0.717) is 21.8 Å². The molecule has 8 heteroatoms. The van der Waals surface area contributed by atoms with Crippen LogP contribution in [-0.4, -0.2) is 26.7 Å². The number of aromatic nitrogens is 2. The standard InChI is InChI=1S/C12H12ClN5O2/c1-18-6-7(5-15-18)12(19)16-10-4-8(13)2-3-9(10)11(14)17-20/h2-6,20H,1H3,(H2,14,17)(H,16,19). The van der Waals surface area contributed by atoms with E-state index < -0.39 is 0 Å². The van der Waals surface area contributed by atoms with Crippen LogP contribution in [0.1, 0.15) is 15.9 Å². The van der Waals surface area contributed by atoms with Crippen LogP contribution in [0.5, 0.6) is 0 Å². The van der Waals surface area contributed by atoms with Gasteiger partial charge in [-0.2, -0.15) is 5.10 Å². The van der Waals surface area contributed by atoms with Gasteiger partial charge in [-0.1, -0.05) is 16.8 Å². The summed E-state index contributed by atoms with van der Waals surface area (Å²) in [7, 11) is 1.71. The molecule has 0 fully saturated rings. The molecule has 7 nitrogen and oxygen atoms in total. The zero-order valence-corrected chi connectivity index (χ0v) is 11.3. The van der Waals surface area contributed by atoms with E-state index in [1.54, 1.807) is 25.4 Å². The maximum absolute atomic E-state index is 12.1. The molecule has 0 aliphatic carbocycles. The van der Waals surface area contributed by atoms with E-state index >= 15 is 0 Å². The molecule has 1 heterocycles. The fourth-order valence-electron chi connectivity index (χ4n) is 1.63. The molecule has 0 saturated heterocycles. The summed E-state index contributed by atoms with van der Waals surface area (Å²) in [5.74, 6) is -0.490. The Balaban J connectivity index is 2.33. The van der Waals surface area contributed by atoms with Crippen LogP contribution in [0, 0.1) is 0 Å². The number of carbonyl (C=O) groups is 1. The summed E-state index contributed by atoms with van der Waals surface area (Å²) in [6.07, 6.45) is 3.01. The van der Waals surface area contributed by atoms with E-state index in [2.05, 4.69) is 15.6 Å². The number of amidine groups is 1. The average molecular weight is 294 g/mol. The third-order valence-corrected chi connectivity index (χ3v) is 2.82. The van der Waals surface area contributed by atoms with Crippen molar-refractivity contribution >= 4 is 29.0 Å². The summed E-state index contributed by atoms with van der Waals surface area (Å²) in [5.41, 5.74) is 6.66. The molecule has 0 saturated carbocycles. The first kappa shape index (κ1) is 13.9. The van der Waals surface area contributed by atoms with Crippen molar-refractivity contribution in [1.82, 2.24) is 9.78 Å². The van der Waals surface area contributed by atoms with Gasteiger partial charge in [0.25, 0.3) is 5.91 Å². The number of nitrogens with zero attached hydrogens (tertiary/aromatic N) is 3. The molecule has 0 aliphatic rings. The molecule has 0 spiro atoms. The van der Waals surface area contributed by atoms with Gasteiger partial charge in [-0.05, 0) is 18.2 Å². The predicted molar refractivity (Wildman–Crippen MR) is 75.1 cm³/mol. The minimum atomic E-state index is -0.368. The summed E-state index contributed by atoms with van der Waals surface area (Å²) in [5, 5.41) is 18.6. The fourth-order valence-corrected chi connectivity index (χ4v) is 1.80. The number of halogens is 1. The van der Waals surface area contributed by atoms with Gasteiger partial charge in [0.05, 0.1) is 17.4 Å². The Hall–Kier alpha value is -2.54. The molecule has 0 atom stereocenters. The van der Waals surface area contributed by atoms with Crippen LogP contribution in [0.25, 0.3) is 0 Å². The van der Waals surface area contributed by atoms with Crippen LogP contribution in [0.4, 0.5) is 5.69 Å². The molecule has 0 unspecified atom stereocenters. The summed E-state index contributed by atoms with van der Waals surface area (Å²) >= 11 is 5.89. The van der Waals surface area contributed by atoms with Gasteiger partial charge in [-0.3, -0.25) is 9.48 Å². The number of aryl methyl sites for hydroxylation is 1. The third-order valence-electron chi connectivity index (χ3n) is 2.58. The van der Waals surface area contributed by atoms with E-state index in [1.165, 1.54) is 16.9 Å². The molecule has 0 aliphatic heterocycles. The molecule has 0 radical (unpaired) electrons. The highest BCUT2D eigenvalue weighted by Gasteiger charge is 2.13. The van der Waals surface area contributed by atoms with Crippen LogP contribution >= 0.6 is 11.6 Å². The van der Waals surface area contributed by atoms with Crippen LogP contribution < -0.4 is 11.1 Å². The highest BCUT2D eigenvalue weighted by molar-refractivity contribution is 6.31. The Morgan fingerprint density at radius 2 is 2.30 bits per heavy atom. The molecule has 104 valence electrons. The predicted octanol–water partition coefficient (Wildman–Crippen LogP) is 1.42. The van der Waals surface area contributed by atoms with Gasteiger partial charge in [-0.15, -0.1) is 0 Å². The van der Waals surface area contributed by atoms with E-state index in [0.717, 1.165) is 0 Å². The summed E-state index contributed by atoms with van der Waals surface area (Å²) in [6.45, 7) is 0. The Kier molecular flexibility index (Phi) is 3.90. The van der Waals surface area contributed by atoms with Crippen molar-refractivity contribution in [3.8, 4) is 0 Å². The van der Waals surface area contributed by atoms with Crippen molar-refractivity contribution in [3.63, 3.8) is 0 Å². The number of rotatable bonds is 3. The number of nitrogens with one attached hydrogen (secondary N) is 1. The Bertz CT molecular complexity index is 680. The first-order valence-electron chi connectivity index (χ1n) is 5.58. The molecular formula is C12H12ClN5O2. The number of anilines is 1. The molecule has 2 rings (SSSR count). The molecular weight excluding hydrogens is 282 g/mol. The van der Waals surface area contributed by atoms with Gasteiger partial charge >= 0.3 is 0 Å². The largest absolute Gasteiger partial charge is 0.409 e. The second-order valence-corrected chi connectivity index (χ2v) is 4.47. The van der Waals surface area contributed by atoms with Crippen LogP contribution in [-0.2, 0) is 7.05 Å². The number of nitrogens with two attached hydrogens (primary N) is 1. The first-order valence-corrected chi connectivity index (χ1v) is 5.96. The van der Waals surface area contributed by atoms with Crippen molar-refractivity contribution < 1.29 is 10.0 Å². The monoisotopic (exact) mass is 293 g/mol. The number of hydrogen-bond donors (Lipinski definition) is 3. The van der Waals surface area contributed by atoms with Gasteiger partial charge in [0, 0.05) is 23.8 Å². The van der Waals surface area contributed by atoms with Gasteiger partial charge < -0.3 is 16.3 Å². The highest BCUT2D eigenvalue weighted by atomic mass is 35.5. The Morgan fingerprint density at radius 3 is 2.90 bits per heavy atom. The quantitative estimate of drug-likeness (QED) is 0.344. The number of amides is 1. The normalized spacial score (nSPS) is 11.4. The second-order valence-electron chi connectivity index (χ2n) is 4.03. The summed E-state index contributed by atoms with van der Waals surface area (Å²) in [6, 6.07) is 4.65. The van der Waals surface area contributed by atoms with Crippen molar-refractivity contribution in [2.45, 2.75) is 0 Å². The van der Waals surface area contributed by atoms with Crippen LogP contribution in [0.3, 0.4) is 0 Å². The maximum atomic E-state index is 12.1. The molecule has 20 heavy (non-hydrogen) atoms. The Labute approximate surface area is 119 Å². The van der Waals surface area contributed by atoms with Gasteiger partial charge in [0.2, 0.25) is 0 Å². The smallest absolute Gasteiger partial charge is 0.258 e. The lowest BCUT2D eigenvalue weighted by Gasteiger charge is -2.09. The van der Waals surface area contributed by atoms with Crippen molar-refractivity contribution in [2.24, 2.45) is 17.9 Å². The topological polar surface area (TPSA) is 106 Å². The van der Waals surface area contributed by atoms with Crippen molar-refractivity contribution in [2.75, 3.05) is 5.32 Å². The van der Waals surface area contributed by atoms with Gasteiger partial charge in [0.15, 0.2) is 5.84 Å². The summed E-state index contributed by atoms with van der Waals surface area (Å²) < 4.78 is 1.51. The number of benzene rings is 1. The minimum absolute atomic E-state index is 0.122. The Morgan fingerprint density at radius 1 is 1.55 bits per heavy atom. The maximum Gasteiger partial charge on any atom is 0.258 e. The fraction of sp³-hybridized carbons (Fsp3) is 0.0833. The molecule has 4 N–H and O–H groups in total. The third kappa shape index (κ3) is 2.89. The van der Waals surface area contributed by atoms with Crippen molar-refractivity contribution in [1.29, 1.82) is 0 Å². The van der Waals surface area contributed by atoms with Crippen LogP contribution in [0.2, 0.25) is 5.02 Å². The molecule has 2 aromatic rings. The van der Waals surface area contributed by atoms with E-state index in [-0.39, 0.29) is 11.7 Å². The van der Waals surface area contributed by atoms with E-state index in [9.17, 15) is 4.79 Å².